The van der Waals surface area contributed by atoms with Crippen molar-refractivity contribution in [2.75, 3.05) is 6.54 Å². The Balaban J connectivity index is 1.44. The van der Waals surface area contributed by atoms with Gasteiger partial charge in [0.15, 0.2) is 0 Å². The smallest absolute Gasteiger partial charge is 0.321 e. The highest BCUT2D eigenvalue weighted by Gasteiger charge is 2.19. The van der Waals surface area contributed by atoms with E-state index in [0.717, 1.165) is 31.1 Å². The average molecular weight is 347 g/mol. The van der Waals surface area contributed by atoms with E-state index in [0.29, 0.717) is 6.01 Å². The highest BCUT2D eigenvalue weighted by molar-refractivity contribution is 5.34. The summed E-state index contributed by atoms with van der Waals surface area (Å²) < 4.78 is 11.7. The van der Waals surface area contributed by atoms with E-state index < -0.39 is 0 Å². The molecular weight excluding hydrogens is 326 g/mol. The molecule has 1 aromatic heterocycles. The second kappa shape index (κ2) is 7.54. The molecule has 1 aliphatic heterocycles. The third-order valence-corrected chi connectivity index (χ3v) is 4.29. The summed E-state index contributed by atoms with van der Waals surface area (Å²) in [5.74, 6) is 1.73. The minimum absolute atomic E-state index is 0.163. The maximum atomic E-state index is 6.03. The van der Waals surface area contributed by atoms with Crippen LogP contribution >= 0.6 is 0 Å². The van der Waals surface area contributed by atoms with Crippen LogP contribution in [-0.4, -0.2) is 27.5 Å². The zero-order valence-electron chi connectivity index (χ0n) is 14.7. The molecule has 2 aromatic carbocycles. The van der Waals surface area contributed by atoms with E-state index in [4.69, 9.17) is 9.47 Å². The van der Waals surface area contributed by atoms with Gasteiger partial charge < -0.3 is 9.47 Å². The van der Waals surface area contributed by atoms with Crippen LogP contribution in [0.1, 0.15) is 18.1 Å². The van der Waals surface area contributed by atoms with Gasteiger partial charge in [-0.25, -0.2) is 9.97 Å². The topological polar surface area (TPSA) is 47.5 Å². The van der Waals surface area contributed by atoms with Gasteiger partial charge in [0.05, 0.1) is 0 Å². The fourth-order valence-corrected chi connectivity index (χ4v) is 3.16. The van der Waals surface area contributed by atoms with Crippen LogP contribution in [0.25, 0.3) is 0 Å². The van der Waals surface area contributed by atoms with Gasteiger partial charge in [-0.15, -0.1) is 0 Å². The number of nitrogens with zero attached hydrogens (tertiary/aromatic N) is 3. The molecule has 26 heavy (non-hydrogen) atoms. The number of para-hydroxylation sites is 1. The second-order valence-electron chi connectivity index (χ2n) is 6.48. The third kappa shape index (κ3) is 4.00. The second-order valence-corrected chi connectivity index (χ2v) is 6.48. The Bertz CT molecular complexity index is 853. The molecule has 4 rings (SSSR count). The van der Waals surface area contributed by atoms with E-state index in [-0.39, 0.29) is 6.10 Å². The van der Waals surface area contributed by atoms with Gasteiger partial charge >= 0.3 is 6.01 Å². The summed E-state index contributed by atoms with van der Waals surface area (Å²) in [6.45, 7) is 4.76. The van der Waals surface area contributed by atoms with Crippen molar-refractivity contribution >= 4 is 0 Å². The van der Waals surface area contributed by atoms with Gasteiger partial charge in [-0.1, -0.05) is 30.3 Å². The van der Waals surface area contributed by atoms with Crippen molar-refractivity contribution in [2.45, 2.75) is 26.1 Å². The predicted molar refractivity (Wildman–Crippen MR) is 99.2 cm³/mol. The minimum Gasteiger partial charge on any atom is -0.489 e. The number of fused-ring (bicyclic) bond motifs is 1. The fraction of sp³-hybridized carbons (Fsp3) is 0.238. The SMILES string of the molecule is CC1CN(Cc2ccc(Oc3ncccn3)cc2)Cc2ccccc2O1. The first-order valence-electron chi connectivity index (χ1n) is 8.77. The molecule has 2 heterocycles. The molecule has 0 saturated carbocycles. The quantitative estimate of drug-likeness (QED) is 0.712. The number of hydrogen-bond acceptors (Lipinski definition) is 5. The van der Waals surface area contributed by atoms with Crippen molar-refractivity contribution in [1.82, 2.24) is 14.9 Å². The van der Waals surface area contributed by atoms with Crippen LogP contribution in [0.2, 0.25) is 0 Å². The summed E-state index contributed by atoms with van der Waals surface area (Å²) in [6.07, 6.45) is 3.49. The molecule has 1 atom stereocenters. The molecule has 0 amide bonds. The van der Waals surface area contributed by atoms with Crippen molar-refractivity contribution in [1.29, 1.82) is 0 Å². The summed E-state index contributed by atoms with van der Waals surface area (Å²) in [7, 11) is 0. The van der Waals surface area contributed by atoms with E-state index in [1.165, 1.54) is 11.1 Å². The largest absolute Gasteiger partial charge is 0.489 e. The molecule has 5 nitrogen and oxygen atoms in total. The van der Waals surface area contributed by atoms with Crippen molar-refractivity contribution in [3.8, 4) is 17.5 Å². The summed E-state index contributed by atoms with van der Waals surface area (Å²) in [5.41, 5.74) is 2.47. The van der Waals surface area contributed by atoms with Gasteiger partial charge in [0.2, 0.25) is 0 Å². The van der Waals surface area contributed by atoms with E-state index in [1.54, 1.807) is 18.5 Å². The van der Waals surface area contributed by atoms with Gasteiger partial charge in [0.1, 0.15) is 17.6 Å². The molecule has 0 fully saturated rings. The number of benzene rings is 2. The fourth-order valence-electron chi connectivity index (χ4n) is 3.16. The lowest BCUT2D eigenvalue weighted by atomic mass is 10.1. The molecule has 3 aromatic rings. The summed E-state index contributed by atoms with van der Waals surface area (Å²) in [5, 5.41) is 0. The van der Waals surface area contributed by atoms with Gasteiger partial charge in [-0.3, -0.25) is 4.90 Å². The molecule has 0 bridgehead atoms. The molecular formula is C21H21N3O2. The van der Waals surface area contributed by atoms with Crippen molar-refractivity contribution in [2.24, 2.45) is 0 Å². The normalized spacial score (nSPS) is 17.0. The Morgan fingerprint density at radius 2 is 1.81 bits per heavy atom. The zero-order chi connectivity index (χ0) is 17.8. The lowest BCUT2D eigenvalue weighted by molar-refractivity contribution is 0.156. The Kier molecular flexibility index (Phi) is 4.80. The van der Waals surface area contributed by atoms with Crippen LogP contribution < -0.4 is 9.47 Å². The van der Waals surface area contributed by atoms with Crippen LogP contribution in [0.5, 0.6) is 17.5 Å². The standard InChI is InChI=1S/C21H21N3O2/c1-16-13-24(15-18-5-2-3-6-20(18)25-16)14-17-7-9-19(10-8-17)26-21-22-11-4-12-23-21/h2-12,16H,13-15H2,1H3. The maximum Gasteiger partial charge on any atom is 0.321 e. The van der Waals surface area contributed by atoms with Crippen LogP contribution in [-0.2, 0) is 13.1 Å². The molecule has 0 saturated heterocycles. The highest BCUT2D eigenvalue weighted by Crippen LogP contribution is 2.26. The zero-order valence-corrected chi connectivity index (χ0v) is 14.7. The minimum atomic E-state index is 0.163. The van der Waals surface area contributed by atoms with Crippen molar-refractivity contribution in [3.63, 3.8) is 0 Å². The molecule has 0 radical (unpaired) electrons. The highest BCUT2D eigenvalue weighted by atomic mass is 16.5. The predicted octanol–water partition coefficient (Wildman–Crippen LogP) is 4.05. The van der Waals surface area contributed by atoms with Gasteiger partial charge in [0.25, 0.3) is 0 Å². The van der Waals surface area contributed by atoms with Crippen molar-refractivity contribution < 1.29 is 9.47 Å². The van der Waals surface area contributed by atoms with Crippen LogP contribution in [0.3, 0.4) is 0 Å². The van der Waals surface area contributed by atoms with E-state index >= 15 is 0 Å². The van der Waals surface area contributed by atoms with Gasteiger partial charge in [-0.2, -0.15) is 0 Å². The summed E-state index contributed by atoms with van der Waals surface area (Å²) in [4.78, 5) is 10.6. The molecule has 1 aliphatic rings. The number of hydrogen-bond donors (Lipinski definition) is 0. The van der Waals surface area contributed by atoms with Crippen LogP contribution in [0, 0.1) is 0 Å². The molecule has 1 unspecified atom stereocenters. The number of aromatic nitrogens is 2. The number of ether oxygens (including phenoxy) is 2. The lowest BCUT2D eigenvalue weighted by Gasteiger charge is -2.22. The van der Waals surface area contributed by atoms with E-state index in [2.05, 4.69) is 46.1 Å². The van der Waals surface area contributed by atoms with E-state index in [9.17, 15) is 0 Å². The Morgan fingerprint density at radius 1 is 1.04 bits per heavy atom. The first kappa shape index (κ1) is 16.5. The summed E-state index contributed by atoms with van der Waals surface area (Å²) >= 11 is 0. The summed E-state index contributed by atoms with van der Waals surface area (Å²) in [6, 6.07) is 18.5. The van der Waals surface area contributed by atoms with Gasteiger partial charge in [0, 0.05) is 37.6 Å². The Hall–Kier alpha value is -2.92. The molecule has 0 spiro atoms. The molecule has 0 aliphatic carbocycles. The molecule has 0 N–H and O–H groups in total. The first-order chi connectivity index (χ1) is 12.8. The first-order valence-corrected chi connectivity index (χ1v) is 8.77. The van der Waals surface area contributed by atoms with E-state index in [1.807, 2.05) is 24.3 Å². The lowest BCUT2D eigenvalue weighted by Crippen LogP contribution is -2.30. The Morgan fingerprint density at radius 3 is 2.62 bits per heavy atom. The van der Waals surface area contributed by atoms with Crippen molar-refractivity contribution in [3.05, 3.63) is 78.1 Å². The average Bonchev–Trinajstić information content (AvgIpc) is 2.81. The Labute approximate surface area is 153 Å². The monoisotopic (exact) mass is 347 g/mol. The van der Waals surface area contributed by atoms with Gasteiger partial charge in [-0.05, 0) is 36.8 Å². The number of rotatable bonds is 4. The van der Waals surface area contributed by atoms with Crippen LogP contribution in [0.4, 0.5) is 0 Å². The third-order valence-electron chi connectivity index (χ3n) is 4.29. The molecule has 5 heteroatoms. The molecule has 132 valence electrons. The maximum absolute atomic E-state index is 6.03. The van der Waals surface area contributed by atoms with Crippen LogP contribution in [0.15, 0.2) is 67.0 Å².